The highest BCUT2D eigenvalue weighted by Gasteiger charge is 2.49. The Balaban J connectivity index is 1.58. The van der Waals surface area contributed by atoms with Crippen molar-refractivity contribution in [3.8, 4) is 0 Å². The number of hydrogen-bond acceptors (Lipinski definition) is 6. The standard InChI is InChI=1S/C27H30ClFN4O7/c1-15(39-3)13-20(30-23(34)16-5-7-17(8-6-16)32(2)26(37)38)24(35)33-12-4-11-27(14-33)21-19(31-25(36)40-27)10-9-18(28)22(21)29/h5-10,15,20H,4,11-14H2,1-3H3,(H,30,34)(H,31,36)(H,37,38)/t15-,20+,27-/m0/s1. The van der Waals surface area contributed by atoms with Crippen molar-refractivity contribution in [2.75, 3.05) is 37.5 Å². The first-order chi connectivity index (χ1) is 19.0. The van der Waals surface area contributed by atoms with Crippen molar-refractivity contribution in [1.82, 2.24) is 10.2 Å². The van der Waals surface area contributed by atoms with Gasteiger partial charge in [-0.05, 0) is 56.2 Å². The zero-order valence-electron chi connectivity index (χ0n) is 22.2. The van der Waals surface area contributed by atoms with E-state index < -0.39 is 47.6 Å². The van der Waals surface area contributed by atoms with Crippen molar-refractivity contribution in [2.24, 2.45) is 0 Å². The van der Waals surface area contributed by atoms with Crippen LogP contribution in [0.15, 0.2) is 36.4 Å². The molecule has 0 unspecified atom stereocenters. The number of piperidine rings is 1. The number of methoxy groups -OCH3 is 1. The Morgan fingerprint density at radius 1 is 1.27 bits per heavy atom. The summed E-state index contributed by atoms with van der Waals surface area (Å²) in [7, 11) is 2.86. The SMILES string of the molecule is CO[C@@H](C)C[C@@H](NC(=O)c1ccc(N(C)C(=O)O)cc1)C(=O)N1CCC[C@@]2(C1)OC(=O)Nc1ccc(Cl)c(F)c12. The lowest BCUT2D eigenvalue weighted by molar-refractivity contribution is -0.142. The molecule has 13 heteroatoms. The number of benzene rings is 2. The summed E-state index contributed by atoms with van der Waals surface area (Å²) < 4.78 is 26.2. The minimum absolute atomic E-state index is 0.0781. The quantitative estimate of drug-likeness (QED) is 0.449. The number of carbonyl (C=O) groups excluding carboxylic acids is 3. The number of nitrogens with one attached hydrogen (secondary N) is 2. The molecule has 0 radical (unpaired) electrons. The van der Waals surface area contributed by atoms with Gasteiger partial charge in [-0.2, -0.15) is 0 Å². The van der Waals surface area contributed by atoms with E-state index in [0.29, 0.717) is 18.7 Å². The van der Waals surface area contributed by atoms with E-state index in [-0.39, 0.29) is 41.2 Å². The number of likely N-dealkylation sites (tertiary alicyclic amines) is 1. The number of amides is 4. The largest absolute Gasteiger partial charge is 0.465 e. The van der Waals surface area contributed by atoms with Gasteiger partial charge >= 0.3 is 12.2 Å². The summed E-state index contributed by atoms with van der Waals surface area (Å²) in [6.07, 6.45) is -1.49. The predicted molar refractivity (Wildman–Crippen MR) is 144 cm³/mol. The zero-order chi connectivity index (χ0) is 29.2. The van der Waals surface area contributed by atoms with E-state index in [1.807, 2.05) is 0 Å². The summed E-state index contributed by atoms with van der Waals surface area (Å²) in [6, 6.07) is 7.69. The van der Waals surface area contributed by atoms with Crippen molar-refractivity contribution in [3.63, 3.8) is 0 Å². The van der Waals surface area contributed by atoms with Crippen molar-refractivity contribution in [3.05, 3.63) is 58.4 Å². The third kappa shape index (κ3) is 5.82. The molecule has 0 aliphatic carbocycles. The number of rotatable bonds is 7. The lowest BCUT2D eigenvalue weighted by Gasteiger charge is -2.45. The highest BCUT2D eigenvalue weighted by molar-refractivity contribution is 6.31. The van der Waals surface area contributed by atoms with Gasteiger partial charge in [0.2, 0.25) is 5.91 Å². The summed E-state index contributed by atoms with van der Waals surface area (Å²) in [5.74, 6) is -1.73. The van der Waals surface area contributed by atoms with Crippen molar-refractivity contribution < 1.29 is 38.1 Å². The number of halogens is 2. The predicted octanol–water partition coefficient (Wildman–Crippen LogP) is 4.20. The number of hydrogen-bond donors (Lipinski definition) is 3. The Kier molecular flexibility index (Phi) is 8.50. The molecule has 4 amide bonds. The maximum Gasteiger partial charge on any atom is 0.412 e. The number of fused-ring (bicyclic) bond motifs is 2. The molecule has 4 rings (SSSR count). The summed E-state index contributed by atoms with van der Waals surface area (Å²) in [6.45, 7) is 1.92. The maximum atomic E-state index is 15.3. The van der Waals surface area contributed by atoms with Crippen LogP contribution in [0.2, 0.25) is 5.02 Å². The van der Waals surface area contributed by atoms with E-state index in [1.165, 1.54) is 55.5 Å². The third-order valence-electron chi connectivity index (χ3n) is 7.22. The molecule has 0 bridgehead atoms. The van der Waals surface area contributed by atoms with Gasteiger partial charge in [0.25, 0.3) is 5.91 Å². The van der Waals surface area contributed by atoms with Crippen LogP contribution in [0.1, 0.15) is 42.1 Å². The van der Waals surface area contributed by atoms with E-state index >= 15 is 4.39 Å². The minimum atomic E-state index is -1.45. The number of carbonyl (C=O) groups is 4. The van der Waals surface area contributed by atoms with Gasteiger partial charge in [0.05, 0.1) is 28.9 Å². The Labute approximate surface area is 235 Å². The fourth-order valence-electron chi connectivity index (χ4n) is 5.02. The fraction of sp³-hybridized carbons (Fsp3) is 0.407. The second-order valence-electron chi connectivity index (χ2n) is 9.85. The lowest BCUT2D eigenvalue weighted by atomic mass is 9.82. The zero-order valence-corrected chi connectivity index (χ0v) is 23.0. The topological polar surface area (TPSA) is 138 Å². The Bertz CT molecular complexity index is 1320. The van der Waals surface area contributed by atoms with Crippen molar-refractivity contribution in [2.45, 2.75) is 43.9 Å². The number of carboxylic acid groups (broad SMARTS) is 1. The fourth-order valence-corrected chi connectivity index (χ4v) is 5.18. The minimum Gasteiger partial charge on any atom is -0.465 e. The summed E-state index contributed by atoms with van der Waals surface area (Å²) in [5.41, 5.74) is -0.559. The van der Waals surface area contributed by atoms with Gasteiger partial charge in [-0.15, -0.1) is 0 Å². The first-order valence-electron chi connectivity index (χ1n) is 12.6. The van der Waals surface area contributed by atoms with Crippen LogP contribution in [-0.2, 0) is 19.9 Å². The van der Waals surface area contributed by atoms with E-state index in [9.17, 15) is 19.2 Å². The molecule has 2 heterocycles. The van der Waals surface area contributed by atoms with Crippen LogP contribution >= 0.6 is 11.6 Å². The molecule has 1 spiro atoms. The normalized spacial score (nSPS) is 19.6. The van der Waals surface area contributed by atoms with E-state index in [2.05, 4.69) is 10.6 Å². The maximum absolute atomic E-state index is 15.3. The van der Waals surface area contributed by atoms with Crippen molar-refractivity contribution in [1.29, 1.82) is 0 Å². The highest BCUT2D eigenvalue weighted by Crippen LogP contribution is 2.45. The Hall–Kier alpha value is -3.90. The molecule has 3 N–H and O–H groups in total. The van der Waals surface area contributed by atoms with Crippen LogP contribution in [0.5, 0.6) is 0 Å². The first kappa shape index (κ1) is 29.1. The van der Waals surface area contributed by atoms with Crippen LogP contribution in [0.4, 0.5) is 25.4 Å². The molecular formula is C27H30ClFN4O7. The highest BCUT2D eigenvalue weighted by atomic mass is 35.5. The van der Waals surface area contributed by atoms with Gasteiger partial charge in [-0.3, -0.25) is 19.8 Å². The smallest absolute Gasteiger partial charge is 0.412 e. The van der Waals surface area contributed by atoms with Gasteiger partial charge in [0.15, 0.2) is 11.4 Å². The molecule has 0 saturated carbocycles. The van der Waals surface area contributed by atoms with Gasteiger partial charge < -0.3 is 24.8 Å². The van der Waals surface area contributed by atoms with Crippen LogP contribution in [0, 0.1) is 5.82 Å². The van der Waals surface area contributed by atoms with E-state index in [0.717, 1.165) is 4.90 Å². The molecule has 0 aromatic heterocycles. The molecule has 2 aromatic carbocycles. The average molecular weight is 577 g/mol. The van der Waals surface area contributed by atoms with Crippen LogP contribution < -0.4 is 15.5 Å². The van der Waals surface area contributed by atoms with Gasteiger partial charge in [-0.25, -0.2) is 14.0 Å². The van der Waals surface area contributed by atoms with Gasteiger partial charge in [0, 0.05) is 38.4 Å². The second-order valence-corrected chi connectivity index (χ2v) is 10.3. The molecule has 3 atom stereocenters. The molecule has 214 valence electrons. The summed E-state index contributed by atoms with van der Waals surface area (Å²) in [5, 5.41) is 14.3. The number of ether oxygens (including phenoxy) is 2. The molecule has 1 fully saturated rings. The van der Waals surface area contributed by atoms with Gasteiger partial charge in [-0.1, -0.05) is 11.6 Å². The molecule has 11 nitrogen and oxygen atoms in total. The second kappa shape index (κ2) is 11.7. The summed E-state index contributed by atoms with van der Waals surface area (Å²) >= 11 is 6.05. The summed E-state index contributed by atoms with van der Waals surface area (Å²) in [4.78, 5) is 53.0. The van der Waals surface area contributed by atoms with Crippen molar-refractivity contribution >= 4 is 47.0 Å². The van der Waals surface area contributed by atoms with Crippen LogP contribution in [0.3, 0.4) is 0 Å². The lowest BCUT2D eigenvalue weighted by Crippen LogP contribution is -2.57. The molecule has 2 aliphatic rings. The van der Waals surface area contributed by atoms with Crippen LogP contribution in [-0.4, -0.2) is 73.4 Å². The molecule has 1 saturated heterocycles. The van der Waals surface area contributed by atoms with E-state index in [4.69, 9.17) is 26.2 Å². The number of anilines is 2. The monoisotopic (exact) mass is 576 g/mol. The first-order valence-corrected chi connectivity index (χ1v) is 13.0. The molecular weight excluding hydrogens is 547 g/mol. The Morgan fingerprint density at radius 3 is 2.62 bits per heavy atom. The molecule has 2 aliphatic heterocycles. The van der Waals surface area contributed by atoms with E-state index in [1.54, 1.807) is 6.92 Å². The average Bonchev–Trinajstić information content (AvgIpc) is 2.93. The van der Waals surface area contributed by atoms with Gasteiger partial charge in [0.1, 0.15) is 6.04 Å². The third-order valence-corrected chi connectivity index (χ3v) is 7.51. The Morgan fingerprint density at radius 2 is 1.98 bits per heavy atom. The molecule has 40 heavy (non-hydrogen) atoms. The number of nitrogens with zero attached hydrogens (tertiary/aromatic N) is 2. The van der Waals surface area contributed by atoms with Crippen LogP contribution in [0.25, 0.3) is 0 Å². The molecule has 2 aromatic rings.